The molecule has 2 aromatic carbocycles. The summed E-state index contributed by atoms with van der Waals surface area (Å²) < 4.78 is 0. The van der Waals surface area contributed by atoms with Gasteiger partial charge >= 0.3 is 7.12 Å². The predicted molar refractivity (Wildman–Crippen MR) is 80.3 cm³/mol. The maximum absolute atomic E-state index is 9.39. The normalized spacial score (nSPS) is 10.5. The standard InChI is InChI=1S/C16H19BO2/c1-2-3-6-13-9-11-14(12-10-13)15-7-4-5-8-16(15)17(18)19/h4-5,7-12,18-19H,2-3,6H2,1H3. The van der Waals surface area contributed by atoms with E-state index >= 15 is 0 Å². The van der Waals surface area contributed by atoms with Gasteiger partial charge in [-0.1, -0.05) is 61.9 Å². The molecule has 2 rings (SSSR count). The van der Waals surface area contributed by atoms with Gasteiger partial charge in [0.25, 0.3) is 0 Å². The van der Waals surface area contributed by atoms with Crippen molar-refractivity contribution in [2.45, 2.75) is 26.2 Å². The molecule has 0 spiro atoms. The summed E-state index contributed by atoms with van der Waals surface area (Å²) in [5.41, 5.74) is 3.76. The van der Waals surface area contributed by atoms with Gasteiger partial charge in [-0.2, -0.15) is 0 Å². The lowest BCUT2D eigenvalue weighted by molar-refractivity contribution is 0.426. The van der Waals surface area contributed by atoms with E-state index < -0.39 is 7.12 Å². The van der Waals surface area contributed by atoms with Gasteiger partial charge in [0.2, 0.25) is 0 Å². The zero-order chi connectivity index (χ0) is 13.7. The number of aryl methyl sites for hydroxylation is 1. The van der Waals surface area contributed by atoms with E-state index in [9.17, 15) is 10.0 Å². The summed E-state index contributed by atoms with van der Waals surface area (Å²) in [5, 5.41) is 18.8. The second-order valence-electron chi connectivity index (χ2n) is 4.76. The van der Waals surface area contributed by atoms with Crippen LogP contribution >= 0.6 is 0 Å². The molecule has 2 N–H and O–H groups in total. The molecule has 0 atom stereocenters. The first-order chi connectivity index (χ1) is 9.22. The van der Waals surface area contributed by atoms with Crippen LogP contribution in [0.1, 0.15) is 25.3 Å². The van der Waals surface area contributed by atoms with Crippen molar-refractivity contribution in [1.82, 2.24) is 0 Å². The molecule has 0 aliphatic carbocycles. The van der Waals surface area contributed by atoms with E-state index in [4.69, 9.17) is 0 Å². The lowest BCUT2D eigenvalue weighted by atomic mass is 9.75. The Morgan fingerprint density at radius 1 is 0.947 bits per heavy atom. The molecule has 98 valence electrons. The van der Waals surface area contributed by atoms with Gasteiger partial charge in [0.15, 0.2) is 0 Å². The number of hydrogen-bond acceptors (Lipinski definition) is 2. The van der Waals surface area contributed by atoms with Gasteiger partial charge in [0, 0.05) is 0 Å². The zero-order valence-electron chi connectivity index (χ0n) is 11.2. The minimum Gasteiger partial charge on any atom is -0.423 e. The van der Waals surface area contributed by atoms with Gasteiger partial charge < -0.3 is 10.0 Å². The van der Waals surface area contributed by atoms with E-state index in [1.54, 1.807) is 6.07 Å². The van der Waals surface area contributed by atoms with Crippen molar-refractivity contribution in [1.29, 1.82) is 0 Å². The number of hydrogen-bond donors (Lipinski definition) is 2. The Labute approximate surface area is 114 Å². The molecule has 0 saturated carbocycles. The first-order valence-electron chi connectivity index (χ1n) is 6.76. The molecule has 19 heavy (non-hydrogen) atoms. The van der Waals surface area contributed by atoms with E-state index in [0.29, 0.717) is 5.46 Å². The van der Waals surface area contributed by atoms with Crippen LogP contribution in [0.5, 0.6) is 0 Å². The maximum Gasteiger partial charge on any atom is 0.489 e. The van der Waals surface area contributed by atoms with Crippen LogP contribution in [0.3, 0.4) is 0 Å². The molecule has 0 saturated heterocycles. The molecular formula is C16H19BO2. The monoisotopic (exact) mass is 254 g/mol. The molecule has 0 radical (unpaired) electrons. The number of unbranched alkanes of at least 4 members (excludes halogenated alkanes) is 1. The fourth-order valence-corrected chi connectivity index (χ4v) is 2.22. The van der Waals surface area contributed by atoms with Crippen LogP contribution < -0.4 is 5.46 Å². The average molecular weight is 254 g/mol. The molecule has 3 heteroatoms. The van der Waals surface area contributed by atoms with Crippen molar-refractivity contribution in [3.8, 4) is 11.1 Å². The van der Waals surface area contributed by atoms with Gasteiger partial charge in [-0.05, 0) is 35.0 Å². The Morgan fingerprint density at radius 3 is 2.26 bits per heavy atom. The molecular weight excluding hydrogens is 235 g/mol. The van der Waals surface area contributed by atoms with E-state index in [0.717, 1.165) is 17.5 Å². The van der Waals surface area contributed by atoms with Gasteiger partial charge in [-0.3, -0.25) is 0 Å². The van der Waals surface area contributed by atoms with Gasteiger partial charge in [0.1, 0.15) is 0 Å². The minimum atomic E-state index is -1.43. The van der Waals surface area contributed by atoms with Crippen molar-refractivity contribution in [2.75, 3.05) is 0 Å². The highest BCUT2D eigenvalue weighted by Gasteiger charge is 2.15. The van der Waals surface area contributed by atoms with Crippen LogP contribution in [-0.2, 0) is 6.42 Å². The van der Waals surface area contributed by atoms with E-state index in [-0.39, 0.29) is 0 Å². The summed E-state index contributed by atoms with van der Waals surface area (Å²) >= 11 is 0. The lowest BCUT2D eigenvalue weighted by Gasteiger charge is -2.09. The highest BCUT2D eigenvalue weighted by molar-refractivity contribution is 6.60. The first-order valence-corrected chi connectivity index (χ1v) is 6.76. The quantitative estimate of drug-likeness (QED) is 0.804. The Balaban J connectivity index is 2.27. The van der Waals surface area contributed by atoms with Crippen molar-refractivity contribution >= 4 is 12.6 Å². The lowest BCUT2D eigenvalue weighted by Crippen LogP contribution is -2.31. The van der Waals surface area contributed by atoms with E-state index in [2.05, 4.69) is 19.1 Å². The highest BCUT2D eigenvalue weighted by atomic mass is 16.4. The molecule has 0 aliphatic rings. The molecule has 0 heterocycles. The van der Waals surface area contributed by atoms with Gasteiger partial charge in [0.05, 0.1) is 0 Å². The van der Waals surface area contributed by atoms with Crippen LogP contribution in [0.4, 0.5) is 0 Å². The van der Waals surface area contributed by atoms with Crippen LogP contribution in [0.2, 0.25) is 0 Å². The van der Waals surface area contributed by atoms with Crippen molar-refractivity contribution < 1.29 is 10.0 Å². The Kier molecular flexibility index (Phi) is 4.77. The molecule has 2 aromatic rings. The first kappa shape index (κ1) is 13.8. The van der Waals surface area contributed by atoms with Crippen molar-refractivity contribution in [3.05, 3.63) is 54.1 Å². The largest absolute Gasteiger partial charge is 0.489 e. The average Bonchev–Trinajstić information content (AvgIpc) is 2.45. The van der Waals surface area contributed by atoms with E-state index in [1.807, 2.05) is 30.3 Å². The van der Waals surface area contributed by atoms with E-state index in [1.165, 1.54) is 18.4 Å². The van der Waals surface area contributed by atoms with Crippen LogP contribution in [0.25, 0.3) is 11.1 Å². The van der Waals surface area contributed by atoms with Gasteiger partial charge in [-0.15, -0.1) is 0 Å². The molecule has 0 unspecified atom stereocenters. The SMILES string of the molecule is CCCCc1ccc(-c2ccccc2B(O)O)cc1. The Morgan fingerprint density at radius 2 is 1.63 bits per heavy atom. The second-order valence-corrected chi connectivity index (χ2v) is 4.76. The third-order valence-corrected chi connectivity index (χ3v) is 3.32. The maximum atomic E-state index is 9.39. The molecule has 0 aliphatic heterocycles. The Bertz CT molecular complexity index is 521. The minimum absolute atomic E-state index is 0.545. The summed E-state index contributed by atoms with van der Waals surface area (Å²) in [6, 6.07) is 15.7. The summed E-state index contributed by atoms with van der Waals surface area (Å²) in [4.78, 5) is 0. The van der Waals surface area contributed by atoms with Crippen molar-refractivity contribution in [2.24, 2.45) is 0 Å². The smallest absolute Gasteiger partial charge is 0.423 e. The molecule has 0 bridgehead atoms. The molecule has 0 aromatic heterocycles. The Hall–Kier alpha value is -1.58. The molecule has 0 amide bonds. The summed E-state index contributed by atoms with van der Waals surface area (Å²) in [6.45, 7) is 2.19. The summed E-state index contributed by atoms with van der Waals surface area (Å²) in [5.74, 6) is 0. The fraction of sp³-hybridized carbons (Fsp3) is 0.250. The van der Waals surface area contributed by atoms with Crippen LogP contribution in [-0.4, -0.2) is 17.2 Å². The number of benzene rings is 2. The third kappa shape index (κ3) is 3.46. The predicted octanol–water partition coefficient (Wildman–Crippen LogP) is 2.38. The summed E-state index contributed by atoms with van der Waals surface area (Å²) in [6.07, 6.45) is 3.49. The zero-order valence-corrected chi connectivity index (χ0v) is 11.2. The number of rotatable bonds is 5. The van der Waals surface area contributed by atoms with Crippen LogP contribution in [0.15, 0.2) is 48.5 Å². The topological polar surface area (TPSA) is 40.5 Å². The highest BCUT2D eigenvalue weighted by Crippen LogP contribution is 2.19. The molecule has 2 nitrogen and oxygen atoms in total. The van der Waals surface area contributed by atoms with Crippen molar-refractivity contribution in [3.63, 3.8) is 0 Å². The fourth-order valence-electron chi connectivity index (χ4n) is 2.22. The second kappa shape index (κ2) is 6.55. The third-order valence-electron chi connectivity index (χ3n) is 3.32. The van der Waals surface area contributed by atoms with Crippen LogP contribution in [0, 0.1) is 0 Å². The van der Waals surface area contributed by atoms with Gasteiger partial charge in [-0.25, -0.2) is 0 Å². The summed E-state index contributed by atoms with van der Waals surface area (Å²) in [7, 11) is -1.43. The molecule has 0 fully saturated rings.